The fourth-order valence-corrected chi connectivity index (χ4v) is 4.82. The molecule has 2 rings (SSSR count). The maximum absolute atomic E-state index is 11.5. The van der Waals surface area contributed by atoms with Crippen molar-refractivity contribution in [1.82, 2.24) is 10.6 Å². The van der Waals surface area contributed by atoms with Crippen LogP contribution in [-0.2, 0) is 4.79 Å². The Morgan fingerprint density at radius 2 is 2.10 bits per heavy atom. The highest BCUT2D eigenvalue weighted by Crippen LogP contribution is 2.33. The molecule has 0 bridgehead atoms. The molecule has 2 heterocycles. The molecule has 2 fully saturated rings. The van der Waals surface area contributed by atoms with Crippen LogP contribution in [-0.4, -0.2) is 35.0 Å². The van der Waals surface area contributed by atoms with Crippen LogP contribution >= 0.6 is 11.8 Å². The molecule has 21 heavy (non-hydrogen) atoms. The van der Waals surface area contributed by atoms with Crippen molar-refractivity contribution in [1.29, 1.82) is 0 Å². The molecule has 6 heteroatoms. The normalized spacial score (nSPS) is 28.8. The Balaban J connectivity index is 1.69. The third-order valence-corrected chi connectivity index (χ3v) is 6.05. The van der Waals surface area contributed by atoms with E-state index >= 15 is 0 Å². The van der Waals surface area contributed by atoms with E-state index in [1.165, 1.54) is 12.8 Å². The van der Waals surface area contributed by atoms with Crippen LogP contribution in [0.1, 0.15) is 51.9 Å². The molecular formula is C15H27N3O2S. The van der Waals surface area contributed by atoms with Crippen molar-refractivity contribution < 1.29 is 9.59 Å². The second kappa shape index (κ2) is 7.92. The molecule has 0 aromatic rings. The summed E-state index contributed by atoms with van der Waals surface area (Å²) in [7, 11) is 0. The van der Waals surface area contributed by atoms with Crippen LogP contribution in [0, 0.1) is 5.92 Å². The van der Waals surface area contributed by atoms with Gasteiger partial charge >= 0.3 is 6.03 Å². The molecule has 5 nitrogen and oxygen atoms in total. The zero-order valence-electron chi connectivity index (χ0n) is 12.8. The van der Waals surface area contributed by atoms with Gasteiger partial charge in [-0.1, -0.05) is 32.6 Å². The Hall–Kier alpha value is -0.910. The van der Waals surface area contributed by atoms with Crippen molar-refractivity contribution in [2.45, 2.75) is 69.2 Å². The van der Waals surface area contributed by atoms with Crippen molar-refractivity contribution in [3.63, 3.8) is 0 Å². The average molecular weight is 313 g/mol. The number of hydrogen-bond acceptors (Lipinski definition) is 3. The Morgan fingerprint density at radius 3 is 2.81 bits per heavy atom. The summed E-state index contributed by atoms with van der Waals surface area (Å²) in [6.45, 7) is 2.16. The molecule has 2 aliphatic heterocycles. The minimum atomic E-state index is -0.154. The number of nitrogens with two attached hydrogens (primary N) is 1. The van der Waals surface area contributed by atoms with Crippen LogP contribution < -0.4 is 16.4 Å². The Bertz CT molecular complexity index is 378. The third-order valence-electron chi connectivity index (χ3n) is 4.54. The topological polar surface area (TPSA) is 84.2 Å². The van der Waals surface area contributed by atoms with Crippen molar-refractivity contribution in [3.8, 4) is 0 Å². The SMILES string of the molecule is CCCCCC(CCC[C@@H]1SC[C@@H]2NC(=O)N[C@@H]21)C(N)=O. The largest absolute Gasteiger partial charge is 0.369 e. The zero-order valence-corrected chi connectivity index (χ0v) is 13.6. The molecule has 0 aromatic heterocycles. The first-order valence-electron chi connectivity index (χ1n) is 8.09. The number of thioether (sulfide) groups is 1. The van der Waals surface area contributed by atoms with E-state index in [4.69, 9.17) is 5.73 Å². The van der Waals surface area contributed by atoms with Crippen molar-refractivity contribution in [2.24, 2.45) is 11.7 Å². The summed E-state index contributed by atoms with van der Waals surface area (Å²) in [6, 6.07) is 0.503. The number of hydrogen-bond donors (Lipinski definition) is 3. The van der Waals surface area contributed by atoms with Gasteiger partial charge in [0, 0.05) is 16.9 Å². The van der Waals surface area contributed by atoms with E-state index in [2.05, 4.69) is 17.6 Å². The lowest BCUT2D eigenvalue weighted by Crippen LogP contribution is -2.36. The summed E-state index contributed by atoms with van der Waals surface area (Å²) in [4.78, 5) is 22.8. The van der Waals surface area contributed by atoms with Crippen LogP contribution in [0.2, 0.25) is 0 Å². The Labute approximate surface area is 131 Å². The maximum atomic E-state index is 11.5. The number of rotatable bonds is 9. The number of unbranched alkanes of at least 4 members (excludes halogenated alkanes) is 2. The second-order valence-electron chi connectivity index (χ2n) is 6.15. The predicted octanol–water partition coefficient (Wildman–Crippen LogP) is 2.00. The molecule has 2 aliphatic rings. The van der Waals surface area contributed by atoms with Gasteiger partial charge in [0.1, 0.15) is 0 Å². The minimum absolute atomic E-state index is 0.0232. The van der Waals surface area contributed by atoms with Gasteiger partial charge in [-0.15, -0.1) is 0 Å². The second-order valence-corrected chi connectivity index (χ2v) is 7.42. The summed E-state index contributed by atoms with van der Waals surface area (Å²) in [5.74, 6) is 0.859. The number of nitrogens with one attached hydrogen (secondary N) is 2. The van der Waals surface area contributed by atoms with Crippen LogP contribution in [0.4, 0.5) is 4.79 Å². The first-order chi connectivity index (χ1) is 10.1. The lowest BCUT2D eigenvalue weighted by atomic mass is 9.93. The van der Waals surface area contributed by atoms with E-state index in [0.717, 1.165) is 37.9 Å². The van der Waals surface area contributed by atoms with Gasteiger partial charge in [0.2, 0.25) is 5.91 Å². The Morgan fingerprint density at radius 1 is 1.33 bits per heavy atom. The molecule has 0 spiro atoms. The standard InChI is InChI=1S/C15H27N3O2S/c1-2-3-4-6-10(14(16)19)7-5-8-12-13-11(9-21-12)17-15(20)18-13/h10-13H,2-9H2,1H3,(H2,16,19)(H2,17,18,20)/t10?,11-,12-,13-/m0/s1. The number of primary amides is 1. The first kappa shape index (κ1) is 16.5. The molecule has 2 saturated heterocycles. The molecule has 0 aromatic carbocycles. The number of carbonyl (C=O) groups excluding carboxylic acids is 2. The van der Waals surface area contributed by atoms with E-state index in [9.17, 15) is 9.59 Å². The molecule has 4 atom stereocenters. The zero-order chi connectivity index (χ0) is 15.2. The summed E-state index contributed by atoms with van der Waals surface area (Å²) in [5, 5.41) is 6.43. The van der Waals surface area contributed by atoms with E-state index in [-0.39, 0.29) is 29.9 Å². The minimum Gasteiger partial charge on any atom is -0.369 e. The van der Waals surface area contributed by atoms with Gasteiger partial charge in [0.05, 0.1) is 12.1 Å². The van der Waals surface area contributed by atoms with Crippen LogP contribution in [0.3, 0.4) is 0 Å². The van der Waals surface area contributed by atoms with Crippen molar-refractivity contribution >= 4 is 23.7 Å². The van der Waals surface area contributed by atoms with Crippen molar-refractivity contribution in [2.75, 3.05) is 5.75 Å². The lowest BCUT2D eigenvalue weighted by Gasteiger charge is -2.18. The molecule has 0 saturated carbocycles. The molecule has 4 N–H and O–H groups in total. The number of amides is 3. The maximum Gasteiger partial charge on any atom is 0.315 e. The Kier molecular flexibility index (Phi) is 6.21. The molecule has 0 radical (unpaired) electrons. The van der Waals surface area contributed by atoms with Gasteiger partial charge in [-0.3, -0.25) is 4.79 Å². The number of carbonyl (C=O) groups is 2. The molecule has 1 unspecified atom stereocenters. The van der Waals surface area contributed by atoms with E-state index < -0.39 is 0 Å². The number of urea groups is 1. The highest BCUT2D eigenvalue weighted by molar-refractivity contribution is 8.00. The summed E-state index contributed by atoms with van der Waals surface area (Å²) < 4.78 is 0. The van der Waals surface area contributed by atoms with E-state index in [0.29, 0.717) is 5.25 Å². The quantitative estimate of drug-likeness (QED) is 0.450. The monoisotopic (exact) mass is 313 g/mol. The van der Waals surface area contributed by atoms with Crippen LogP contribution in [0.5, 0.6) is 0 Å². The van der Waals surface area contributed by atoms with Crippen molar-refractivity contribution in [3.05, 3.63) is 0 Å². The van der Waals surface area contributed by atoms with Gasteiger partial charge in [0.25, 0.3) is 0 Å². The predicted molar refractivity (Wildman–Crippen MR) is 86.2 cm³/mol. The van der Waals surface area contributed by atoms with Crippen LogP contribution in [0.25, 0.3) is 0 Å². The van der Waals surface area contributed by atoms with E-state index in [1.54, 1.807) is 0 Å². The van der Waals surface area contributed by atoms with Gasteiger partial charge < -0.3 is 16.4 Å². The van der Waals surface area contributed by atoms with Crippen LogP contribution in [0.15, 0.2) is 0 Å². The molecule has 120 valence electrons. The molecular weight excluding hydrogens is 286 g/mol. The fourth-order valence-electron chi connectivity index (χ4n) is 3.28. The fraction of sp³-hybridized carbons (Fsp3) is 0.867. The summed E-state index contributed by atoms with van der Waals surface area (Å²) in [6.07, 6.45) is 7.29. The van der Waals surface area contributed by atoms with E-state index in [1.807, 2.05) is 11.8 Å². The van der Waals surface area contributed by atoms with Gasteiger partial charge in [0.15, 0.2) is 0 Å². The smallest absolute Gasteiger partial charge is 0.315 e. The summed E-state index contributed by atoms with van der Waals surface area (Å²) in [5.41, 5.74) is 5.51. The highest BCUT2D eigenvalue weighted by atomic mass is 32.2. The van der Waals surface area contributed by atoms with Gasteiger partial charge in [-0.25, -0.2) is 4.79 Å². The lowest BCUT2D eigenvalue weighted by molar-refractivity contribution is -0.122. The van der Waals surface area contributed by atoms with Gasteiger partial charge in [-0.05, 0) is 19.3 Å². The van der Waals surface area contributed by atoms with Gasteiger partial charge in [-0.2, -0.15) is 11.8 Å². The molecule has 3 amide bonds. The third kappa shape index (κ3) is 4.53. The highest BCUT2D eigenvalue weighted by Gasteiger charge is 2.42. The summed E-state index contributed by atoms with van der Waals surface area (Å²) >= 11 is 1.92. The molecule has 0 aliphatic carbocycles. The average Bonchev–Trinajstić information content (AvgIpc) is 2.97. The number of fused-ring (bicyclic) bond motifs is 1. The first-order valence-corrected chi connectivity index (χ1v) is 9.14.